The summed E-state index contributed by atoms with van der Waals surface area (Å²) in [7, 11) is -1.33. The van der Waals surface area contributed by atoms with Crippen molar-refractivity contribution in [3.8, 4) is 5.75 Å². The van der Waals surface area contributed by atoms with Crippen molar-refractivity contribution in [3.63, 3.8) is 0 Å². The van der Waals surface area contributed by atoms with E-state index in [1.54, 1.807) is 32.0 Å². The number of fused-ring (bicyclic) bond motifs is 1. The van der Waals surface area contributed by atoms with Gasteiger partial charge in [-0.3, -0.25) is 10.6 Å². The minimum atomic E-state index is -3.51. The van der Waals surface area contributed by atoms with Crippen molar-refractivity contribution in [3.05, 3.63) is 59.3 Å². The Morgan fingerprint density at radius 1 is 1.02 bits per heavy atom. The molecule has 0 bridgehead atoms. The summed E-state index contributed by atoms with van der Waals surface area (Å²) >= 11 is 0. The normalized spacial score (nSPS) is 15.1. The first-order chi connectivity index (χ1) is 19.9. The van der Waals surface area contributed by atoms with Gasteiger partial charge in [-0.05, 0) is 122 Å². The van der Waals surface area contributed by atoms with Crippen LogP contribution < -0.4 is 20.4 Å². The molecule has 0 atom stereocenters. The van der Waals surface area contributed by atoms with Crippen molar-refractivity contribution in [1.82, 2.24) is 14.9 Å². The third-order valence-corrected chi connectivity index (χ3v) is 10.1. The molecule has 0 amide bonds. The fourth-order valence-electron chi connectivity index (χ4n) is 5.58. The Morgan fingerprint density at radius 2 is 1.74 bits per heavy atom. The van der Waals surface area contributed by atoms with E-state index in [0.29, 0.717) is 29.0 Å². The smallest absolute Gasteiger partial charge is 0.351 e. The zero-order valence-corrected chi connectivity index (χ0v) is 26.4. The lowest BCUT2D eigenvalue weighted by Gasteiger charge is -2.30. The molecule has 1 fully saturated rings. The molecule has 5 rings (SSSR count). The highest BCUT2D eigenvalue weighted by atomic mass is 32.2. The van der Waals surface area contributed by atoms with E-state index >= 15 is 0 Å². The number of nitrogens with one attached hydrogen (secondary N) is 4. The quantitative estimate of drug-likeness (QED) is 0.211. The number of rotatable bonds is 9. The minimum Gasteiger partial charge on any atom is -0.488 e. The van der Waals surface area contributed by atoms with Crippen molar-refractivity contribution < 1.29 is 18.1 Å². The number of aromatic nitrogens is 3. The summed E-state index contributed by atoms with van der Waals surface area (Å²) in [5.74, 6) is 2.41. The third kappa shape index (κ3) is 6.24. The Hall–Kier alpha value is -3.63. The molecule has 4 N–H and O–H groups in total. The van der Waals surface area contributed by atoms with Gasteiger partial charge in [-0.25, -0.2) is 13.4 Å². The third-order valence-electron chi connectivity index (χ3n) is 7.88. The molecule has 0 saturated carbocycles. The van der Waals surface area contributed by atoms with Gasteiger partial charge in [-0.15, -0.1) is 0 Å². The fourth-order valence-corrected chi connectivity index (χ4v) is 6.79. The second-order valence-corrected chi connectivity index (χ2v) is 14.4. The Balaban J connectivity index is 1.54. The number of H-pyrrole nitrogens is 2. The summed E-state index contributed by atoms with van der Waals surface area (Å²) in [6.07, 6.45) is 2.26. The molecule has 2 aromatic heterocycles. The van der Waals surface area contributed by atoms with E-state index in [2.05, 4.69) is 51.6 Å². The molecular formula is C32H43N6O3S+. The molecule has 10 heteroatoms. The Kier molecular flexibility index (Phi) is 8.48. The summed E-state index contributed by atoms with van der Waals surface area (Å²) in [5, 5.41) is 7.10. The predicted octanol–water partition coefficient (Wildman–Crippen LogP) is 6.26. The highest BCUT2D eigenvalue weighted by Gasteiger charge is 2.26. The van der Waals surface area contributed by atoms with E-state index in [1.165, 1.54) is 11.1 Å². The van der Waals surface area contributed by atoms with Gasteiger partial charge in [0.2, 0.25) is 11.5 Å². The lowest BCUT2D eigenvalue weighted by atomic mass is 9.86. The Morgan fingerprint density at radius 3 is 2.43 bits per heavy atom. The Labute approximate surface area is 249 Å². The van der Waals surface area contributed by atoms with E-state index < -0.39 is 15.1 Å². The average molecular weight is 592 g/mol. The highest BCUT2D eigenvalue weighted by Crippen LogP contribution is 2.38. The number of piperidine rings is 1. The predicted molar refractivity (Wildman–Crippen MR) is 169 cm³/mol. The van der Waals surface area contributed by atoms with E-state index in [1.807, 2.05) is 32.9 Å². The molecule has 224 valence electrons. The van der Waals surface area contributed by atoms with Crippen molar-refractivity contribution in [2.45, 2.75) is 76.6 Å². The number of aromatic amines is 2. The molecule has 42 heavy (non-hydrogen) atoms. The van der Waals surface area contributed by atoms with Gasteiger partial charge in [-0.2, -0.15) is 0 Å². The first-order valence-corrected chi connectivity index (χ1v) is 16.3. The summed E-state index contributed by atoms with van der Waals surface area (Å²) in [6, 6.07) is 13.3. The number of likely N-dealkylation sites (tertiary alicyclic amines) is 1. The number of benzene rings is 2. The van der Waals surface area contributed by atoms with E-state index in [4.69, 9.17) is 9.72 Å². The van der Waals surface area contributed by atoms with Crippen LogP contribution in [0.25, 0.3) is 11.0 Å². The number of nitrogens with zero attached hydrogens (tertiary/aromatic N) is 2. The first-order valence-electron chi connectivity index (χ1n) is 14.7. The molecule has 0 unspecified atom stereocenters. The van der Waals surface area contributed by atoms with E-state index in [9.17, 15) is 8.42 Å². The molecule has 1 aliphatic rings. The summed E-state index contributed by atoms with van der Waals surface area (Å²) in [6.45, 7) is 13.8. The molecule has 1 aliphatic heterocycles. The van der Waals surface area contributed by atoms with Crippen molar-refractivity contribution in [2.75, 3.05) is 30.8 Å². The maximum absolute atomic E-state index is 13.1. The van der Waals surface area contributed by atoms with Crippen LogP contribution in [0.1, 0.15) is 63.3 Å². The van der Waals surface area contributed by atoms with Gasteiger partial charge in [0.1, 0.15) is 16.3 Å². The number of hydrogen-bond acceptors (Lipinski definition) is 7. The molecule has 0 radical (unpaired) electrons. The lowest BCUT2D eigenvalue weighted by molar-refractivity contribution is -0.345. The number of ether oxygens (including phenoxy) is 1. The molecule has 3 heterocycles. The van der Waals surface area contributed by atoms with Crippen molar-refractivity contribution in [1.29, 1.82) is 0 Å². The first kappa shape index (κ1) is 29.8. The summed E-state index contributed by atoms with van der Waals surface area (Å²) in [5.41, 5.74) is 5.48. The molecule has 0 aliphatic carbocycles. The number of para-hydroxylation sites is 1. The fraction of sp³-hybridized carbons (Fsp3) is 0.438. The lowest BCUT2D eigenvalue weighted by Crippen LogP contribution is -2.29. The number of anilines is 4. The molecule has 4 aromatic rings. The monoisotopic (exact) mass is 591 g/mol. The van der Waals surface area contributed by atoms with Gasteiger partial charge in [0.05, 0.1) is 16.7 Å². The molecule has 0 spiro atoms. The van der Waals surface area contributed by atoms with Crippen LogP contribution in [0.4, 0.5) is 23.1 Å². The van der Waals surface area contributed by atoms with Crippen molar-refractivity contribution in [2.24, 2.45) is 0 Å². The van der Waals surface area contributed by atoms with Gasteiger partial charge < -0.3 is 14.6 Å². The van der Waals surface area contributed by atoms with Crippen LogP contribution in [0.5, 0.6) is 5.75 Å². The van der Waals surface area contributed by atoms with Crippen LogP contribution >= 0.6 is 0 Å². The standard InChI is InChI=1S/C32H42N6O3S/c1-19(2)41-28-18-24(23-12-14-38(7)15-13-23)21(5)16-27(28)35-32-36-30-25(17-22(6)33-30)31(37-32)34-26-10-8-9-11-29(26)42(39,40)20(3)4/h8-11,16-20,23H,12-15H2,1-7H3,(H3,33,34,35,36,37)/p+1. The zero-order chi connectivity index (χ0) is 30.2. The number of hydrogen-bond donors (Lipinski definition) is 3. The second kappa shape index (κ2) is 11.9. The van der Waals surface area contributed by atoms with Gasteiger partial charge in [0.15, 0.2) is 15.6 Å². The van der Waals surface area contributed by atoms with E-state index in [0.717, 1.165) is 48.4 Å². The number of sulfone groups is 1. The highest BCUT2D eigenvalue weighted by molar-refractivity contribution is 7.92. The number of aryl methyl sites for hydroxylation is 2. The molecule has 9 nitrogen and oxygen atoms in total. The van der Waals surface area contributed by atoms with Crippen molar-refractivity contribution >= 4 is 44.0 Å². The van der Waals surface area contributed by atoms with E-state index in [-0.39, 0.29) is 11.0 Å². The van der Waals surface area contributed by atoms with Crippen LogP contribution in [0.15, 0.2) is 47.4 Å². The van der Waals surface area contributed by atoms with Gasteiger partial charge in [0.25, 0.3) is 0 Å². The second-order valence-electron chi connectivity index (χ2n) is 12.0. The largest absolute Gasteiger partial charge is 0.488 e. The van der Waals surface area contributed by atoms with Crippen LogP contribution in [-0.4, -0.2) is 54.8 Å². The van der Waals surface area contributed by atoms with Gasteiger partial charge >= 0.3 is 5.95 Å². The van der Waals surface area contributed by atoms with Crippen LogP contribution in [0.2, 0.25) is 0 Å². The van der Waals surface area contributed by atoms with Gasteiger partial charge in [0, 0.05) is 5.69 Å². The summed E-state index contributed by atoms with van der Waals surface area (Å²) < 4.78 is 32.6. The Bertz CT molecular complexity index is 1690. The molecular weight excluding hydrogens is 548 g/mol. The maximum Gasteiger partial charge on any atom is 0.351 e. The summed E-state index contributed by atoms with van der Waals surface area (Å²) in [4.78, 5) is 14.2. The maximum atomic E-state index is 13.1. The van der Waals surface area contributed by atoms with Crippen LogP contribution in [0.3, 0.4) is 0 Å². The van der Waals surface area contributed by atoms with Crippen LogP contribution in [-0.2, 0) is 9.84 Å². The molecule has 2 aromatic carbocycles. The van der Waals surface area contributed by atoms with Gasteiger partial charge in [-0.1, -0.05) is 17.1 Å². The topological polar surface area (TPSA) is 113 Å². The zero-order valence-electron chi connectivity index (χ0n) is 25.6. The van der Waals surface area contributed by atoms with Crippen LogP contribution in [0, 0.1) is 13.8 Å². The average Bonchev–Trinajstić information content (AvgIpc) is 3.31. The molecule has 1 saturated heterocycles. The SMILES string of the molecule is Cc1cc2c(Nc3ccccc3S(=O)(=O)C(C)C)[nH+]c(Nc3cc(C)c(C4CCN(C)CC4)cc3OC(C)C)nc2[nH]1. The minimum absolute atomic E-state index is 0.000654.